The average Bonchev–Trinajstić information content (AvgIpc) is 2.67. The standard InChI is InChI=1S/C22H20ClFO4/c1-3-28-22(26)21-15(20-16(23)8-6-9-17(20)24)11-13(12-18(21)25)14-7-4-5-10-19(14)27-2/h4-10,12,15,21H,3,11H2,1-2H3/t15-,21-/m0/s1. The summed E-state index contributed by atoms with van der Waals surface area (Å²) in [5.74, 6) is -2.99. The van der Waals surface area contributed by atoms with E-state index in [1.807, 2.05) is 18.2 Å². The van der Waals surface area contributed by atoms with Crippen LogP contribution in [0.2, 0.25) is 5.02 Å². The van der Waals surface area contributed by atoms with Crippen molar-refractivity contribution in [2.24, 2.45) is 5.92 Å². The number of rotatable bonds is 5. The topological polar surface area (TPSA) is 52.6 Å². The van der Waals surface area contributed by atoms with E-state index in [9.17, 15) is 14.0 Å². The lowest BCUT2D eigenvalue weighted by Gasteiger charge is -2.30. The fourth-order valence-corrected chi connectivity index (χ4v) is 3.92. The second-order valence-electron chi connectivity index (χ2n) is 6.45. The van der Waals surface area contributed by atoms with Gasteiger partial charge in [0, 0.05) is 22.1 Å². The van der Waals surface area contributed by atoms with Crippen LogP contribution in [-0.2, 0) is 14.3 Å². The summed E-state index contributed by atoms with van der Waals surface area (Å²) in [7, 11) is 1.54. The first-order valence-electron chi connectivity index (χ1n) is 8.96. The second kappa shape index (κ2) is 8.57. The number of carbonyl (C=O) groups excluding carboxylic acids is 2. The Morgan fingerprint density at radius 3 is 2.64 bits per heavy atom. The molecule has 4 nitrogen and oxygen atoms in total. The van der Waals surface area contributed by atoms with Gasteiger partial charge in [0.15, 0.2) is 5.78 Å². The third kappa shape index (κ3) is 3.80. The quantitative estimate of drug-likeness (QED) is 0.532. The van der Waals surface area contributed by atoms with Gasteiger partial charge in [0.05, 0.1) is 13.7 Å². The molecular weight excluding hydrogens is 383 g/mol. The second-order valence-corrected chi connectivity index (χ2v) is 6.86. The highest BCUT2D eigenvalue weighted by atomic mass is 35.5. The number of ether oxygens (including phenoxy) is 2. The highest BCUT2D eigenvalue weighted by molar-refractivity contribution is 6.31. The van der Waals surface area contributed by atoms with Crippen LogP contribution in [0.15, 0.2) is 48.5 Å². The number of hydrogen-bond acceptors (Lipinski definition) is 4. The van der Waals surface area contributed by atoms with Crippen molar-refractivity contribution in [2.75, 3.05) is 13.7 Å². The SMILES string of the molecule is CCOC(=O)[C@@H]1C(=O)C=C(c2ccccc2OC)C[C@H]1c1c(F)cccc1Cl. The number of allylic oxidation sites excluding steroid dienone is 2. The molecule has 3 rings (SSSR count). The molecule has 146 valence electrons. The van der Waals surface area contributed by atoms with E-state index >= 15 is 0 Å². The molecular formula is C22H20ClFO4. The molecule has 0 unspecified atom stereocenters. The zero-order valence-electron chi connectivity index (χ0n) is 15.6. The van der Waals surface area contributed by atoms with E-state index in [0.717, 1.165) is 5.56 Å². The van der Waals surface area contributed by atoms with Gasteiger partial charge in [-0.25, -0.2) is 4.39 Å². The van der Waals surface area contributed by atoms with Crippen LogP contribution in [0.3, 0.4) is 0 Å². The minimum atomic E-state index is -1.15. The van der Waals surface area contributed by atoms with E-state index in [1.165, 1.54) is 25.3 Å². The van der Waals surface area contributed by atoms with Gasteiger partial charge in [0.1, 0.15) is 17.5 Å². The molecule has 6 heteroatoms. The van der Waals surface area contributed by atoms with Gasteiger partial charge in [-0.05, 0) is 43.2 Å². The van der Waals surface area contributed by atoms with Gasteiger partial charge in [-0.2, -0.15) is 0 Å². The number of esters is 1. The summed E-state index contributed by atoms with van der Waals surface area (Å²) in [6, 6.07) is 11.6. The molecule has 0 aliphatic heterocycles. The van der Waals surface area contributed by atoms with Gasteiger partial charge in [0.25, 0.3) is 0 Å². The average molecular weight is 403 g/mol. The Labute approximate surface area is 167 Å². The Kier molecular flexibility index (Phi) is 6.15. The van der Waals surface area contributed by atoms with E-state index in [0.29, 0.717) is 11.3 Å². The largest absolute Gasteiger partial charge is 0.496 e. The Morgan fingerprint density at radius 2 is 1.96 bits per heavy atom. The predicted octanol–water partition coefficient (Wildman–Crippen LogP) is 4.81. The van der Waals surface area contributed by atoms with Gasteiger partial charge >= 0.3 is 5.97 Å². The van der Waals surface area contributed by atoms with Crippen LogP contribution in [0.25, 0.3) is 5.57 Å². The lowest BCUT2D eigenvalue weighted by Crippen LogP contribution is -2.34. The number of para-hydroxylation sites is 1. The molecule has 0 radical (unpaired) electrons. The minimum absolute atomic E-state index is 0.128. The molecule has 1 aliphatic carbocycles. The molecule has 0 saturated carbocycles. The molecule has 28 heavy (non-hydrogen) atoms. The summed E-state index contributed by atoms with van der Waals surface area (Å²) in [6.07, 6.45) is 1.67. The molecule has 0 spiro atoms. The van der Waals surface area contributed by atoms with Crippen molar-refractivity contribution >= 4 is 28.9 Å². The lowest BCUT2D eigenvalue weighted by molar-refractivity contribution is -0.151. The fourth-order valence-electron chi connectivity index (χ4n) is 3.62. The summed E-state index contributed by atoms with van der Waals surface area (Å²) < 4.78 is 25.1. The third-order valence-electron chi connectivity index (χ3n) is 4.83. The summed E-state index contributed by atoms with van der Waals surface area (Å²) in [4.78, 5) is 25.4. The number of benzene rings is 2. The number of carbonyl (C=O) groups is 2. The van der Waals surface area contributed by atoms with Gasteiger partial charge in [-0.1, -0.05) is 35.9 Å². The molecule has 2 atom stereocenters. The highest BCUT2D eigenvalue weighted by Gasteiger charge is 2.42. The van der Waals surface area contributed by atoms with Crippen LogP contribution >= 0.6 is 11.6 Å². The number of ketones is 1. The number of halogens is 2. The smallest absolute Gasteiger partial charge is 0.317 e. The normalized spacial score (nSPS) is 19.1. The summed E-state index contributed by atoms with van der Waals surface area (Å²) in [5, 5.41) is 0.174. The van der Waals surface area contributed by atoms with Crippen LogP contribution < -0.4 is 4.74 Å². The van der Waals surface area contributed by atoms with Crippen molar-refractivity contribution in [1.82, 2.24) is 0 Å². The van der Waals surface area contributed by atoms with Crippen LogP contribution in [0.1, 0.15) is 30.4 Å². The minimum Gasteiger partial charge on any atom is -0.496 e. The first kappa shape index (κ1) is 20.1. The Balaban J connectivity index is 2.13. The van der Waals surface area contributed by atoms with Gasteiger partial charge in [-0.15, -0.1) is 0 Å². The predicted molar refractivity (Wildman–Crippen MR) is 105 cm³/mol. The van der Waals surface area contributed by atoms with Crippen molar-refractivity contribution in [3.63, 3.8) is 0 Å². The molecule has 0 fully saturated rings. The van der Waals surface area contributed by atoms with E-state index in [2.05, 4.69) is 0 Å². The highest BCUT2D eigenvalue weighted by Crippen LogP contribution is 2.44. The maximum absolute atomic E-state index is 14.7. The van der Waals surface area contributed by atoms with Crippen molar-refractivity contribution in [2.45, 2.75) is 19.3 Å². The van der Waals surface area contributed by atoms with Crippen LogP contribution in [-0.4, -0.2) is 25.5 Å². The van der Waals surface area contributed by atoms with Gasteiger partial charge in [0.2, 0.25) is 0 Å². The van der Waals surface area contributed by atoms with E-state index < -0.39 is 29.4 Å². The van der Waals surface area contributed by atoms with Crippen molar-refractivity contribution in [3.8, 4) is 5.75 Å². The molecule has 0 N–H and O–H groups in total. The number of methoxy groups -OCH3 is 1. The number of hydrogen-bond donors (Lipinski definition) is 0. The fraction of sp³-hybridized carbons (Fsp3) is 0.273. The van der Waals surface area contributed by atoms with Crippen molar-refractivity contribution in [1.29, 1.82) is 0 Å². The van der Waals surface area contributed by atoms with Crippen LogP contribution in [0.4, 0.5) is 4.39 Å². The van der Waals surface area contributed by atoms with Gasteiger partial charge < -0.3 is 9.47 Å². The van der Waals surface area contributed by atoms with E-state index in [4.69, 9.17) is 21.1 Å². The molecule has 0 aromatic heterocycles. The lowest BCUT2D eigenvalue weighted by atomic mass is 9.73. The maximum Gasteiger partial charge on any atom is 0.317 e. The Hall–Kier alpha value is -2.66. The summed E-state index contributed by atoms with van der Waals surface area (Å²) >= 11 is 6.26. The van der Waals surface area contributed by atoms with Gasteiger partial charge in [-0.3, -0.25) is 9.59 Å². The molecule has 2 aromatic carbocycles. The van der Waals surface area contributed by atoms with E-state index in [-0.39, 0.29) is 23.6 Å². The Morgan fingerprint density at radius 1 is 1.21 bits per heavy atom. The molecule has 0 bridgehead atoms. The molecule has 0 saturated heterocycles. The van der Waals surface area contributed by atoms with Crippen LogP contribution in [0.5, 0.6) is 5.75 Å². The molecule has 2 aromatic rings. The maximum atomic E-state index is 14.7. The van der Waals surface area contributed by atoms with Crippen molar-refractivity contribution in [3.05, 3.63) is 70.5 Å². The molecule has 0 amide bonds. The zero-order chi connectivity index (χ0) is 20.3. The first-order chi connectivity index (χ1) is 13.5. The monoisotopic (exact) mass is 402 g/mol. The third-order valence-corrected chi connectivity index (χ3v) is 5.16. The first-order valence-corrected chi connectivity index (χ1v) is 9.34. The zero-order valence-corrected chi connectivity index (χ0v) is 16.3. The Bertz CT molecular complexity index is 918. The summed E-state index contributed by atoms with van der Waals surface area (Å²) in [6.45, 7) is 1.79. The van der Waals surface area contributed by atoms with Crippen LogP contribution in [0, 0.1) is 11.7 Å². The molecule has 0 heterocycles. The van der Waals surface area contributed by atoms with E-state index in [1.54, 1.807) is 19.1 Å². The molecule has 1 aliphatic rings. The summed E-state index contributed by atoms with van der Waals surface area (Å²) in [5.41, 5.74) is 1.53. The van der Waals surface area contributed by atoms with Crippen molar-refractivity contribution < 1.29 is 23.5 Å².